The maximum atomic E-state index is 9.74. The zero-order valence-corrected chi connectivity index (χ0v) is 9.64. The van der Waals surface area contributed by atoms with Gasteiger partial charge in [-0.2, -0.15) is 0 Å². The Morgan fingerprint density at radius 1 is 1.19 bits per heavy atom. The van der Waals surface area contributed by atoms with Crippen molar-refractivity contribution in [1.82, 2.24) is 4.98 Å². The number of pyridine rings is 1. The number of phenolic OH excluding ortho intramolecular Hbond substituents is 1. The van der Waals surface area contributed by atoms with E-state index in [9.17, 15) is 5.11 Å². The number of hydrogen-bond donors (Lipinski definition) is 1. The monoisotopic (exact) mass is 216 g/mol. The normalized spacial score (nSPS) is 10.6. The Hall–Kier alpha value is -1.77. The van der Waals surface area contributed by atoms with Gasteiger partial charge in [0.05, 0.1) is 0 Å². The molecule has 0 aliphatic heterocycles. The molecule has 0 radical (unpaired) electrons. The highest BCUT2D eigenvalue weighted by atomic mass is 16.3. The minimum Gasteiger partial charge on any atom is -0.506 e. The topological polar surface area (TPSA) is 36.4 Å². The van der Waals surface area contributed by atoms with Crippen LogP contribution in [0.5, 0.6) is 5.75 Å². The van der Waals surface area contributed by atoms with Gasteiger partial charge in [0.15, 0.2) is 0 Å². The molecule has 0 atom stereocenters. The molecule has 0 saturated carbocycles. The summed E-state index contributed by atoms with van der Waals surface area (Å²) in [6, 6.07) is 7.56. The summed E-state index contributed by atoms with van der Waals surface area (Å²) in [6.07, 6.45) is 1.70. The van der Waals surface area contributed by atoms with Crippen LogP contribution in [0.3, 0.4) is 0 Å². The van der Waals surface area contributed by atoms with Crippen LogP contribution in [0.15, 0.2) is 30.5 Å². The summed E-state index contributed by atoms with van der Waals surface area (Å²) in [5, 5.41) is 10.7. The molecule has 0 saturated heterocycles. The van der Waals surface area contributed by atoms with Gasteiger partial charge in [-0.15, -0.1) is 0 Å². The van der Waals surface area contributed by atoms with Crippen molar-refractivity contribution in [3.8, 4) is 5.75 Å². The second kappa shape index (κ2) is 4.39. The Morgan fingerprint density at radius 2 is 1.94 bits per heavy atom. The van der Waals surface area contributed by atoms with Crippen molar-refractivity contribution in [3.05, 3.63) is 30.5 Å². The Balaban J connectivity index is 2.66. The molecule has 0 aliphatic rings. The predicted octanol–water partition coefficient (Wildman–Crippen LogP) is 2.79. The summed E-state index contributed by atoms with van der Waals surface area (Å²) in [4.78, 5) is 6.47. The smallest absolute Gasteiger partial charge is 0.141 e. The fraction of sp³-hybridized carbons (Fsp3) is 0.308. The third kappa shape index (κ3) is 1.69. The zero-order chi connectivity index (χ0) is 11.5. The number of rotatable bonds is 3. The maximum Gasteiger partial charge on any atom is 0.141 e. The first-order chi connectivity index (χ1) is 7.77. The molecule has 0 unspecified atom stereocenters. The standard InChI is InChI=1S/C13H16N2O/c1-3-15(4-2)11-7-8-12(16)13-10(11)6-5-9-14-13/h5-9,16H,3-4H2,1-2H3. The highest BCUT2D eigenvalue weighted by Gasteiger charge is 2.09. The van der Waals surface area contributed by atoms with Crippen LogP contribution in [0.1, 0.15) is 13.8 Å². The third-order valence-electron chi connectivity index (χ3n) is 2.83. The van der Waals surface area contributed by atoms with Gasteiger partial charge in [0.1, 0.15) is 11.3 Å². The molecule has 1 aromatic carbocycles. The molecule has 1 aromatic heterocycles. The molecule has 0 aliphatic carbocycles. The molecule has 84 valence electrons. The van der Waals surface area contributed by atoms with Gasteiger partial charge in [0.25, 0.3) is 0 Å². The number of benzene rings is 1. The number of aromatic nitrogens is 1. The summed E-state index contributed by atoms with van der Waals surface area (Å²) in [5.74, 6) is 0.242. The lowest BCUT2D eigenvalue weighted by Crippen LogP contribution is -2.21. The molecule has 1 N–H and O–H groups in total. The molecule has 0 spiro atoms. The van der Waals surface area contributed by atoms with Crippen LogP contribution < -0.4 is 4.90 Å². The maximum absolute atomic E-state index is 9.74. The summed E-state index contributed by atoms with van der Waals surface area (Å²) in [7, 11) is 0. The highest BCUT2D eigenvalue weighted by molar-refractivity contribution is 5.95. The summed E-state index contributed by atoms with van der Waals surface area (Å²) in [6.45, 7) is 6.15. The molecular formula is C13H16N2O. The van der Waals surface area contributed by atoms with Crippen LogP contribution in [0.4, 0.5) is 5.69 Å². The summed E-state index contributed by atoms with van der Waals surface area (Å²) in [5.41, 5.74) is 1.80. The van der Waals surface area contributed by atoms with Crippen LogP contribution in [-0.2, 0) is 0 Å². The number of anilines is 1. The van der Waals surface area contributed by atoms with Gasteiger partial charge in [-0.3, -0.25) is 4.98 Å². The van der Waals surface area contributed by atoms with Crippen LogP contribution in [0, 0.1) is 0 Å². The van der Waals surface area contributed by atoms with Crippen molar-refractivity contribution in [2.24, 2.45) is 0 Å². The van der Waals surface area contributed by atoms with Gasteiger partial charge in [-0.25, -0.2) is 0 Å². The minimum absolute atomic E-state index is 0.242. The van der Waals surface area contributed by atoms with E-state index in [1.54, 1.807) is 12.3 Å². The number of hydrogen-bond acceptors (Lipinski definition) is 3. The SMILES string of the molecule is CCN(CC)c1ccc(O)c2ncccc12. The fourth-order valence-electron chi connectivity index (χ4n) is 1.98. The van der Waals surface area contributed by atoms with Crippen molar-refractivity contribution >= 4 is 16.6 Å². The van der Waals surface area contributed by atoms with Gasteiger partial charge < -0.3 is 10.0 Å². The predicted molar refractivity (Wildman–Crippen MR) is 67.0 cm³/mol. The Kier molecular flexibility index (Phi) is 2.95. The van der Waals surface area contributed by atoms with Crippen LogP contribution in [-0.4, -0.2) is 23.2 Å². The number of fused-ring (bicyclic) bond motifs is 1. The number of nitrogens with zero attached hydrogens (tertiary/aromatic N) is 2. The summed E-state index contributed by atoms with van der Waals surface area (Å²) >= 11 is 0. The van der Waals surface area contributed by atoms with E-state index >= 15 is 0 Å². The lowest BCUT2D eigenvalue weighted by molar-refractivity contribution is 0.480. The number of phenols is 1. The van der Waals surface area contributed by atoms with E-state index in [1.807, 2.05) is 18.2 Å². The van der Waals surface area contributed by atoms with E-state index in [4.69, 9.17) is 0 Å². The van der Waals surface area contributed by atoms with Gasteiger partial charge in [0.2, 0.25) is 0 Å². The van der Waals surface area contributed by atoms with E-state index in [0.717, 1.165) is 24.2 Å². The molecule has 0 amide bonds. The quantitative estimate of drug-likeness (QED) is 0.857. The molecule has 3 nitrogen and oxygen atoms in total. The van der Waals surface area contributed by atoms with Gasteiger partial charge >= 0.3 is 0 Å². The van der Waals surface area contributed by atoms with E-state index in [0.29, 0.717) is 5.52 Å². The van der Waals surface area contributed by atoms with Crippen LogP contribution >= 0.6 is 0 Å². The summed E-state index contributed by atoms with van der Waals surface area (Å²) < 4.78 is 0. The van der Waals surface area contributed by atoms with E-state index in [1.165, 1.54) is 0 Å². The molecule has 16 heavy (non-hydrogen) atoms. The molecule has 2 rings (SSSR count). The van der Waals surface area contributed by atoms with Crippen molar-refractivity contribution in [1.29, 1.82) is 0 Å². The molecular weight excluding hydrogens is 200 g/mol. The Labute approximate surface area is 95.3 Å². The Bertz CT molecular complexity index is 492. The average molecular weight is 216 g/mol. The first kappa shape index (κ1) is 10.7. The fourth-order valence-corrected chi connectivity index (χ4v) is 1.98. The lowest BCUT2D eigenvalue weighted by Gasteiger charge is -2.22. The van der Waals surface area contributed by atoms with Crippen LogP contribution in [0.25, 0.3) is 10.9 Å². The first-order valence-corrected chi connectivity index (χ1v) is 5.59. The largest absolute Gasteiger partial charge is 0.506 e. The minimum atomic E-state index is 0.242. The second-order valence-electron chi connectivity index (χ2n) is 3.68. The average Bonchev–Trinajstić information content (AvgIpc) is 2.34. The highest BCUT2D eigenvalue weighted by Crippen LogP contribution is 2.31. The molecule has 2 aromatic rings. The van der Waals surface area contributed by atoms with Crippen LogP contribution in [0.2, 0.25) is 0 Å². The Morgan fingerprint density at radius 3 is 2.62 bits per heavy atom. The van der Waals surface area contributed by atoms with Crippen molar-refractivity contribution in [2.45, 2.75) is 13.8 Å². The number of aromatic hydroxyl groups is 1. The van der Waals surface area contributed by atoms with Crippen molar-refractivity contribution < 1.29 is 5.11 Å². The van der Waals surface area contributed by atoms with Crippen molar-refractivity contribution in [3.63, 3.8) is 0 Å². The van der Waals surface area contributed by atoms with Gasteiger partial charge in [0, 0.05) is 30.4 Å². The molecule has 0 bridgehead atoms. The third-order valence-corrected chi connectivity index (χ3v) is 2.83. The second-order valence-corrected chi connectivity index (χ2v) is 3.68. The lowest BCUT2D eigenvalue weighted by atomic mass is 10.1. The van der Waals surface area contributed by atoms with E-state index in [-0.39, 0.29) is 5.75 Å². The van der Waals surface area contributed by atoms with Gasteiger partial charge in [-0.05, 0) is 38.1 Å². The molecule has 0 fully saturated rings. The van der Waals surface area contributed by atoms with Gasteiger partial charge in [-0.1, -0.05) is 0 Å². The van der Waals surface area contributed by atoms with Crippen molar-refractivity contribution in [2.75, 3.05) is 18.0 Å². The molecule has 3 heteroatoms. The zero-order valence-electron chi connectivity index (χ0n) is 9.64. The van der Waals surface area contributed by atoms with E-state index < -0.39 is 0 Å². The molecule has 1 heterocycles. The van der Waals surface area contributed by atoms with E-state index in [2.05, 4.69) is 23.7 Å². The first-order valence-electron chi connectivity index (χ1n) is 5.59.